The maximum absolute atomic E-state index is 11.1. The van der Waals surface area contributed by atoms with Gasteiger partial charge in [0, 0.05) is 46.3 Å². The highest BCUT2D eigenvalue weighted by Gasteiger charge is 2.34. The second kappa shape index (κ2) is 11.0. The number of nitrogens with one attached hydrogen (secondary N) is 1. The van der Waals surface area contributed by atoms with Crippen LogP contribution >= 0.6 is 0 Å². The minimum Gasteiger partial charge on any atom is -0.494 e. The molecule has 0 aromatic heterocycles. The van der Waals surface area contributed by atoms with Crippen LogP contribution in [-0.4, -0.2) is 87.6 Å². The summed E-state index contributed by atoms with van der Waals surface area (Å²) in [7, 11) is 1.57. The predicted molar refractivity (Wildman–Crippen MR) is 108 cm³/mol. The minimum absolute atomic E-state index is 0.238. The van der Waals surface area contributed by atoms with Crippen LogP contribution in [0.15, 0.2) is 24.3 Å². The van der Waals surface area contributed by atoms with E-state index in [4.69, 9.17) is 19.5 Å². The van der Waals surface area contributed by atoms with Gasteiger partial charge in [-0.25, -0.2) is 4.79 Å². The second-order valence-corrected chi connectivity index (χ2v) is 7.48. The molecule has 1 amide bonds. The lowest BCUT2D eigenvalue weighted by molar-refractivity contribution is -0.139. The molecule has 1 N–H and O–H groups in total. The van der Waals surface area contributed by atoms with Gasteiger partial charge in [-0.2, -0.15) is 5.26 Å². The van der Waals surface area contributed by atoms with E-state index in [9.17, 15) is 4.79 Å². The molecule has 3 rings (SSSR count). The fourth-order valence-corrected chi connectivity index (χ4v) is 3.85. The van der Waals surface area contributed by atoms with Crippen molar-refractivity contribution in [1.82, 2.24) is 15.1 Å². The highest BCUT2D eigenvalue weighted by atomic mass is 16.5. The summed E-state index contributed by atoms with van der Waals surface area (Å²) in [6.07, 6.45) is 1.90. The third-order valence-corrected chi connectivity index (χ3v) is 5.16. The Labute approximate surface area is 172 Å². The van der Waals surface area contributed by atoms with E-state index in [1.165, 1.54) is 0 Å². The van der Waals surface area contributed by atoms with Crippen LogP contribution < -0.4 is 10.1 Å². The SMILES string of the molecule is CNC(=O)OCCCN1CC2CN(CCCOc3ccc(C#N)cc3)CC(C1)O2. The number of fused-ring (bicyclic) bond motifs is 2. The first-order valence-electron chi connectivity index (χ1n) is 10.2. The largest absolute Gasteiger partial charge is 0.494 e. The van der Waals surface area contributed by atoms with E-state index in [1.807, 2.05) is 12.1 Å². The minimum atomic E-state index is -0.373. The van der Waals surface area contributed by atoms with Crippen LogP contribution in [0.3, 0.4) is 0 Å². The highest BCUT2D eigenvalue weighted by molar-refractivity contribution is 5.66. The second-order valence-electron chi connectivity index (χ2n) is 7.48. The van der Waals surface area contributed by atoms with Crippen LogP contribution in [0.2, 0.25) is 0 Å². The number of hydrogen-bond donors (Lipinski definition) is 1. The van der Waals surface area contributed by atoms with Crippen LogP contribution in [0.25, 0.3) is 0 Å². The number of morpholine rings is 2. The summed E-state index contributed by atoms with van der Waals surface area (Å²) in [5, 5.41) is 11.3. The van der Waals surface area contributed by atoms with E-state index in [2.05, 4.69) is 21.2 Å². The molecular weight excluding hydrogens is 372 g/mol. The molecule has 8 heteroatoms. The highest BCUT2D eigenvalue weighted by Crippen LogP contribution is 2.19. The summed E-state index contributed by atoms with van der Waals surface area (Å²) in [4.78, 5) is 16.0. The van der Waals surface area contributed by atoms with E-state index in [0.29, 0.717) is 18.8 Å². The third kappa shape index (κ3) is 6.89. The quantitative estimate of drug-likeness (QED) is 0.626. The normalized spacial score (nSPS) is 21.9. The lowest BCUT2D eigenvalue weighted by atomic mass is 10.1. The zero-order chi connectivity index (χ0) is 20.5. The van der Waals surface area contributed by atoms with Gasteiger partial charge in [-0.1, -0.05) is 0 Å². The maximum atomic E-state index is 11.1. The smallest absolute Gasteiger partial charge is 0.406 e. The van der Waals surface area contributed by atoms with Crippen molar-refractivity contribution in [3.8, 4) is 11.8 Å². The average Bonchev–Trinajstić information content (AvgIpc) is 2.74. The molecule has 2 fully saturated rings. The van der Waals surface area contributed by atoms with Crippen molar-refractivity contribution in [2.24, 2.45) is 0 Å². The van der Waals surface area contributed by atoms with E-state index >= 15 is 0 Å². The Balaban J connectivity index is 1.30. The summed E-state index contributed by atoms with van der Waals surface area (Å²) in [6.45, 7) is 6.76. The van der Waals surface area contributed by atoms with Gasteiger partial charge in [-0.05, 0) is 37.1 Å². The van der Waals surface area contributed by atoms with E-state index in [-0.39, 0.29) is 18.3 Å². The van der Waals surface area contributed by atoms with Crippen molar-refractivity contribution in [2.75, 3.05) is 59.5 Å². The molecule has 1 aromatic carbocycles. The van der Waals surface area contributed by atoms with E-state index in [0.717, 1.165) is 57.9 Å². The molecule has 2 saturated heterocycles. The molecule has 0 spiro atoms. The van der Waals surface area contributed by atoms with Crippen LogP contribution in [0, 0.1) is 11.3 Å². The van der Waals surface area contributed by atoms with Gasteiger partial charge in [0.05, 0.1) is 37.1 Å². The number of alkyl carbamates (subject to hydrolysis) is 1. The Hall–Kier alpha value is -2.34. The zero-order valence-corrected chi connectivity index (χ0v) is 17.0. The summed E-state index contributed by atoms with van der Waals surface area (Å²) in [5.74, 6) is 0.805. The van der Waals surface area contributed by atoms with Crippen molar-refractivity contribution in [3.05, 3.63) is 29.8 Å². The van der Waals surface area contributed by atoms with Gasteiger partial charge in [-0.15, -0.1) is 0 Å². The molecule has 0 radical (unpaired) electrons. The first-order valence-corrected chi connectivity index (χ1v) is 10.2. The number of nitriles is 1. The van der Waals surface area contributed by atoms with Crippen molar-refractivity contribution < 1.29 is 19.0 Å². The van der Waals surface area contributed by atoms with Gasteiger partial charge in [0.25, 0.3) is 0 Å². The lowest BCUT2D eigenvalue weighted by Crippen LogP contribution is -2.59. The number of carbonyl (C=O) groups excluding carboxylic acids is 1. The molecule has 0 saturated carbocycles. The molecule has 2 heterocycles. The summed E-state index contributed by atoms with van der Waals surface area (Å²) in [6, 6.07) is 9.33. The molecule has 2 aliphatic rings. The standard InChI is InChI=1S/C21H30N4O4/c1-23-21(26)28-11-3-9-25-15-19-13-24(14-20(16-25)29-19)8-2-10-27-18-6-4-17(12-22)5-7-18/h4-7,19-20H,2-3,8-11,13-16H2,1H3,(H,23,26). The van der Waals surface area contributed by atoms with E-state index < -0.39 is 0 Å². The summed E-state index contributed by atoms with van der Waals surface area (Å²) in [5.41, 5.74) is 0.644. The Morgan fingerprint density at radius 1 is 1.10 bits per heavy atom. The average molecular weight is 402 g/mol. The van der Waals surface area contributed by atoms with Crippen molar-refractivity contribution in [3.63, 3.8) is 0 Å². The van der Waals surface area contributed by atoms with Crippen LogP contribution in [0.5, 0.6) is 5.75 Å². The number of rotatable bonds is 9. The molecule has 2 unspecified atom stereocenters. The van der Waals surface area contributed by atoms with Gasteiger partial charge in [-0.3, -0.25) is 9.80 Å². The third-order valence-electron chi connectivity index (χ3n) is 5.16. The van der Waals surface area contributed by atoms with Gasteiger partial charge in [0.15, 0.2) is 0 Å². The van der Waals surface area contributed by atoms with Crippen molar-refractivity contribution in [1.29, 1.82) is 5.26 Å². The fraction of sp³-hybridized carbons (Fsp3) is 0.619. The molecule has 158 valence electrons. The van der Waals surface area contributed by atoms with Crippen LogP contribution in [-0.2, 0) is 9.47 Å². The molecule has 2 atom stereocenters. The zero-order valence-electron chi connectivity index (χ0n) is 17.0. The number of hydrogen-bond acceptors (Lipinski definition) is 7. The number of benzene rings is 1. The molecule has 8 nitrogen and oxygen atoms in total. The molecule has 1 aromatic rings. The topological polar surface area (TPSA) is 87.1 Å². The lowest BCUT2D eigenvalue weighted by Gasteiger charge is -2.46. The molecule has 2 bridgehead atoms. The molecule has 29 heavy (non-hydrogen) atoms. The first kappa shape index (κ1) is 21.4. The van der Waals surface area contributed by atoms with Gasteiger partial charge < -0.3 is 19.5 Å². The monoisotopic (exact) mass is 402 g/mol. The fourth-order valence-electron chi connectivity index (χ4n) is 3.85. The number of nitrogens with zero attached hydrogens (tertiary/aromatic N) is 3. The maximum Gasteiger partial charge on any atom is 0.406 e. The number of amides is 1. The van der Waals surface area contributed by atoms with Gasteiger partial charge >= 0.3 is 6.09 Å². The Morgan fingerprint density at radius 2 is 1.69 bits per heavy atom. The van der Waals surface area contributed by atoms with Crippen LogP contribution in [0.1, 0.15) is 18.4 Å². The van der Waals surface area contributed by atoms with Crippen molar-refractivity contribution >= 4 is 6.09 Å². The Kier molecular flexibility index (Phi) is 8.11. The summed E-state index contributed by atoms with van der Waals surface area (Å²) >= 11 is 0. The van der Waals surface area contributed by atoms with Gasteiger partial charge in [0.2, 0.25) is 0 Å². The Morgan fingerprint density at radius 3 is 2.24 bits per heavy atom. The Bertz CT molecular complexity index is 677. The number of ether oxygens (including phenoxy) is 3. The number of carbonyl (C=O) groups is 1. The van der Waals surface area contributed by atoms with Gasteiger partial charge in [0.1, 0.15) is 5.75 Å². The molecular formula is C21H30N4O4. The van der Waals surface area contributed by atoms with Crippen molar-refractivity contribution in [2.45, 2.75) is 25.0 Å². The predicted octanol–water partition coefficient (Wildman–Crippen LogP) is 1.46. The molecule has 2 aliphatic heterocycles. The van der Waals surface area contributed by atoms with E-state index in [1.54, 1.807) is 19.2 Å². The first-order chi connectivity index (χ1) is 14.2. The summed E-state index contributed by atoms with van der Waals surface area (Å²) < 4.78 is 16.9. The molecule has 0 aliphatic carbocycles. The van der Waals surface area contributed by atoms with Crippen LogP contribution in [0.4, 0.5) is 4.79 Å².